The molecule has 0 saturated carbocycles. The molecule has 1 aromatic heterocycles. The molecule has 1 fully saturated rings. The maximum absolute atomic E-state index is 11.3. The van der Waals surface area contributed by atoms with Gasteiger partial charge in [0.15, 0.2) is 0 Å². The summed E-state index contributed by atoms with van der Waals surface area (Å²) < 4.78 is 22.6. The van der Waals surface area contributed by atoms with E-state index in [2.05, 4.69) is 20.2 Å². The number of primary sulfonamides is 1. The summed E-state index contributed by atoms with van der Waals surface area (Å²) in [5, 5.41) is 8.40. The Kier molecular flexibility index (Phi) is 6.28. The predicted octanol–water partition coefficient (Wildman–Crippen LogP) is 2.47. The molecule has 1 aliphatic heterocycles. The second-order valence-corrected chi connectivity index (χ2v) is 8.52. The molecule has 146 valence electrons. The van der Waals surface area contributed by atoms with Crippen LogP contribution in [0.3, 0.4) is 0 Å². The molecule has 0 bridgehead atoms. The van der Waals surface area contributed by atoms with Crippen LogP contribution in [0.4, 0.5) is 11.8 Å². The molecule has 0 spiro atoms. The van der Waals surface area contributed by atoms with Crippen molar-refractivity contribution < 1.29 is 8.42 Å². The summed E-state index contributed by atoms with van der Waals surface area (Å²) in [6, 6.07) is 8.67. The summed E-state index contributed by atoms with van der Waals surface area (Å²) in [5.74, 6) is 1.62. The zero-order valence-electron chi connectivity index (χ0n) is 15.7. The molecule has 1 aliphatic rings. The molecule has 3 rings (SSSR count). The molecule has 3 N–H and O–H groups in total. The zero-order valence-corrected chi connectivity index (χ0v) is 16.5. The van der Waals surface area contributed by atoms with Crippen molar-refractivity contribution in [3.8, 4) is 0 Å². The highest BCUT2D eigenvalue weighted by atomic mass is 32.2. The number of nitrogens with two attached hydrogens (primary N) is 1. The van der Waals surface area contributed by atoms with Gasteiger partial charge in [-0.3, -0.25) is 0 Å². The van der Waals surface area contributed by atoms with Gasteiger partial charge in [0.05, 0.1) is 4.90 Å². The van der Waals surface area contributed by atoms with Crippen LogP contribution >= 0.6 is 0 Å². The van der Waals surface area contributed by atoms with Gasteiger partial charge in [0.1, 0.15) is 5.82 Å². The molecule has 1 saturated heterocycles. The fourth-order valence-corrected chi connectivity index (χ4v) is 3.77. The smallest absolute Gasteiger partial charge is 0.238 e. The molecule has 2 heterocycles. The first-order valence-corrected chi connectivity index (χ1v) is 10.9. The van der Waals surface area contributed by atoms with Crippen molar-refractivity contribution in [3.63, 3.8) is 0 Å². The molecule has 8 heteroatoms. The average Bonchev–Trinajstić information content (AvgIpc) is 2.90. The highest BCUT2D eigenvalue weighted by Crippen LogP contribution is 2.19. The number of hydrogen-bond donors (Lipinski definition) is 2. The minimum Gasteiger partial charge on any atom is -0.356 e. The molecule has 7 nitrogen and oxygen atoms in total. The van der Waals surface area contributed by atoms with Gasteiger partial charge in [-0.05, 0) is 43.9 Å². The van der Waals surface area contributed by atoms with Gasteiger partial charge in [0.25, 0.3) is 0 Å². The van der Waals surface area contributed by atoms with Crippen molar-refractivity contribution in [1.29, 1.82) is 0 Å². The monoisotopic (exact) mass is 389 g/mol. The van der Waals surface area contributed by atoms with Crippen molar-refractivity contribution >= 4 is 21.8 Å². The molecule has 1 aromatic carbocycles. The van der Waals surface area contributed by atoms with Crippen LogP contribution < -0.4 is 15.4 Å². The van der Waals surface area contributed by atoms with Crippen molar-refractivity contribution in [2.45, 2.75) is 43.9 Å². The molecule has 27 heavy (non-hydrogen) atoms. The van der Waals surface area contributed by atoms with E-state index in [-0.39, 0.29) is 4.90 Å². The molecule has 0 amide bonds. The summed E-state index contributed by atoms with van der Waals surface area (Å²) in [5.41, 5.74) is 1.97. The summed E-state index contributed by atoms with van der Waals surface area (Å²) >= 11 is 0. The fraction of sp³-hybridized carbons (Fsp3) is 0.474. The first-order valence-electron chi connectivity index (χ1n) is 9.38. The van der Waals surface area contributed by atoms with Gasteiger partial charge in [0.2, 0.25) is 16.0 Å². The third-order valence-corrected chi connectivity index (χ3v) is 5.65. The summed E-state index contributed by atoms with van der Waals surface area (Å²) in [6.07, 6.45) is 5.73. The highest BCUT2D eigenvalue weighted by Gasteiger charge is 2.13. The quantitative estimate of drug-likeness (QED) is 0.787. The number of rotatable bonds is 6. The normalized spacial score (nSPS) is 15.4. The summed E-state index contributed by atoms with van der Waals surface area (Å²) in [4.78, 5) is 11.6. The lowest BCUT2D eigenvalue weighted by Crippen LogP contribution is -2.25. The first kappa shape index (κ1) is 19.6. The molecule has 0 radical (unpaired) electrons. The number of aromatic nitrogens is 2. The lowest BCUT2D eigenvalue weighted by Gasteiger charge is -2.22. The van der Waals surface area contributed by atoms with Crippen molar-refractivity contribution in [2.75, 3.05) is 29.9 Å². The van der Waals surface area contributed by atoms with Crippen LogP contribution in [0.25, 0.3) is 0 Å². The van der Waals surface area contributed by atoms with E-state index >= 15 is 0 Å². The number of benzene rings is 1. The minimum absolute atomic E-state index is 0.128. The van der Waals surface area contributed by atoms with Gasteiger partial charge in [-0.15, -0.1) is 0 Å². The topological polar surface area (TPSA) is 101 Å². The van der Waals surface area contributed by atoms with Gasteiger partial charge >= 0.3 is 0 Å². The third kappa shape index (κ3) is 5.64. The second-order valence-electron chi connectivity index (χ2n) is 6.96. The molecule has 2 aromatic rings. The van der Waals surface area contributed by atoms with Crippen LogP contribution in [-0.4, -0.2) is 38.0 Å². The Morgan fingerprint density at radius 2 is 1.74 bits per heavy atom. The van der Waals surface area contributed by atoms with Crippen molar-refractivity contribution in [3.05, 3.63) is 41.6 Å². The van der Waals surface area contributed by atoms with E-state index in [0.29, 0.717) is 12.5 Å². The van der Waals surface area contributed by atoms with E-state index < -0.39 is 10.0 Å². The van der Waals surface area contributed by atoms with Crippen LogP contribution in [0.15, 0.2) is 35.2 Å². The van der Waals surface area contributed by atoms with Gasteiger partial charge < -0.3 is 10.2 Å². The Hall–Kier alpha value is -2.19. The van der Waals surface area contributed by atoms with Crippen LogP contribution in [0, 0.1) is 6.92 Å². The Bertz CT molecular complexity index is 860. The Morgan fingerprint density at radius 3 is 2.37 bits per heavy atom. The zero-order chi connectivity index (χ0) is 19.3. The van der Waals surface area contributed by atoms with E-state index in [1.807, 2.05) is 13.0 Å². The minimum atomic E-state index is -3.65. The van der Waals surface area contributed by atoms with Gasteiger partial charge in [-0.1, -0.05) is 25.0 Å². The van der Waals surface area contributed by atoms with E-state index in [1.165, 1.54) is 37.8 Å². The number of sulfonamides is 1. The molecule has 0 unspecified atom stereocenters. The standard InChI is InChI=1S/C19H27N5O2S/c1-15-14-18(24-12-4-2-3-5-13-24)23-19(22-15)21-11-10-16-6-8-17(9-7-16)27(20,25)26/h6-9,14H,2-5,10-13H2,1H3,(H2,20,25,26)(H,21,22,23). The van der Waals surface area contributed by atoms with E-state index in [4.69, 9.17) is 5.14 Å². The van der Waals surface area contributed by atoms with Crippen LogP contribution in [0.2, 0.25) is 0 Å². The third-order valence-electron chi connectivity index (χ3n) is 4.72. The highest BCUT2D eigenvalue weighted by molar-refractivity contribution is 7.89. The largest absolute Gasteiger partial charge is 0.356 e. The summed E-state index contributed by atoms with van der Waals surface area (Å²) in [6.45, 7) is 4.75. The van der Waals surface area contributed by atoms with Gasteiger partial charge in [-0.25, -0.2) is 18.5 Å². The number of nitrogens with zero attached hydrogens (tertiary/aromatic N) is 3. The van der Waals surface area contributed by atoms with E-state index in [9.17, 15) is 8.42 Å². The maximum atomic E-state index is 11.3. The van der Waals surface area contributed by atoms with Crippen LogP contribution in [-0.2, 0) is 16.4 Å². The number of aryl methyl sites for hydroxylation is 1. The number of hydrogen-bond acceptors (Lipinski definition) is 6. The predicted molar refractivity (Wildman–Crippen MR) is 107 cm³/mol. The lowest BCUT2D eigenvalue weighted by atomic mass is 10.1. The number of nitrogens with one attached hydrogen (secondary N) is 1. The van der Waals surface area contributed by atoms with E-state index in [0.717, 1.165) is 36.6 Å². The summed E-state index contributed by atoms with van der Waals surface area (Å²) in [7, 11) is -3.65. The molecule has 0 aliphatic carbocycles. The fourth-order valence-electron chi connectivity index (χ4n) is 3.26. The Balaban J connectivity index is 1.60. The Labute approximate surface area is 161 Å². The van der Waals surface area contributed by atoms with E-state index in [1.54, 1.807) is 12.1 Å². The van der Waals surface area contributed by atoms with Gasteiger partial charge in [-0.2, -0.15) is 4.98 Å². The second kappa shape index (κ2) is 8.67. The molecular weight excluding hydrogens is 362 g/mol. The van der Waals surface area contributed by atoms with Crippen LogP contribution in [0.5, 0.6) is 0 Å². The van der Waals surface area contributed by atoms with Crippen molar-refractivity contribution in [2.24, 2.45) is 5.14 Å². The van der Waals surface area contributed by atoms with Gasteiger partial charge in [0, 0.05) is 31.4 Å². The van der Waals surface area contributed by atoms with Crippen LogP contribution in [0.1, 0.15) is 36.9 Å². The van der Waals surface area contributed by atoms with Crippen molar-refractivity contribution in [1.82, 2.24) is 9.97 Å². The molecule has 0 atom stereocenters. The number of anilines is 2. The average molecular weight is 390 g/mol. The Morgan fingerprint density at radius 1 is 1.07 bits per heavy atom. The first-order chi connectivity index (χ1) is 12.9. The SMILES string of the molecule is Cc1cc(N2CCCCCC2)nc(NCCc2ccc(S(N)(=O)=O)cc2)n1. The lowest BCUT2D eigenvalue weighted by molar-refractivity contribution is 0.598. The maximum Gasteiger partial charge on any atom is 0.238 e. The molecular formula is C19H27N5O2S.